The molecule has 0 fully saturated rings. The molecule has 0 aliphatic heterocycles. The van der Waals surface area contributed by atoms with Crippen molar-refractivity contribution in [2.45, 2.75) is 164 Å². The third-order valence-electron chi connectivity index (χ3n) is 7.54. The summed E-state index contributed by atoms with van der Waals surface area (Å²) in [7, 11) is 0. The Kier molecular flexibility index (Phi) is 12.9. The van der Waals surface area contributed by atoms with Crippen LogP contribution in [-0.2, 0) is 0 Å². The second-order valence-corrected chi connectivity index (χ2v) is 12.4. The van der Waals surface area contributed by atoms with Crippen molar-refractivity contribution < 1.29 is 0 Å². The van der Waals surface area contributed by atoms with Gasteiger partial charge in [0.05, 0.1) is 0 Å². The number of rotatable bonds is 15. The summed E-state index contributed by atoms with van der Waals surface area (Å²) >= 11 is 0. The molecule has 0 aromatic heterocycles. The highest BCUT2D eigenvalue weighted by atomic mass is 15.2. The summed E-state index contributed by atoms with van der Waals surface area (Å²) in [5.41, 5.74) is 0.713. The molecule has 0 rings (SSSR count). The van der Waals surface area contributed by atoms with Crippen LogP contribution >= 0.6 is 0 Å². The molecule has 3 nitrogen and oxygen atoms in total. The topological polar surface area (TPSA) is 9.72 Å². The molecular weight excluding hydrogens is 378 g/mol. The number of hydrogen-bond donors (Lipinski definition) is 0. The van der Waals surface area contributed by atoms with Gasteiger partial charge in [-0.2, -0.15) is 0 Å². The zero-order chi connectivity index (χ0) is 24.6. The van der Waals surface area contributed by atoms with Crippen LogP contribution in [0.2, 0.25) is 0 Å². The highest BCUT2D eigenvalue weighted by molar-refractivity contribution is 4.91. The van der Waals surface area contributed by atoms with Gasteiger partial charge in [0.1, 0.15) is 0 Å². The maximum atomic E-state index is 2.80. The zero-order valence-corrected chi connectivity index (χ0v) is 24.2. The molecule has 0 amide bonds. The first-order valence-electron chi connectivity index (χ1n) is 13.3. The van der Waals surface area contributed by atoms with E-state index in [4.69, 9.17) is 0 Å². The Morgan fingerprint density at radius 2 is 1.13 bits per heavy atom. The monoisotopic (exact) mass is 439 g/mol. The van der Waals surface area contributed by atoms with Crippen LogP contribution < -0.4 is 0 Å². The molecule has 0 N–H and O–H groups in total. The van der Waals surface area contributed by atoms with E-state index in [0.717, 1.165) is 13.1 Å². The van der Waals surface area contributed by atoms with Crippen LogP contribution in [0.5, 0.6) is 0 Å². The Hall–Kier alpha value is -0.120. The van der Waals surface area contributed by atoms with Crippen molar-refractivity contribution in [2.24, 2.45) is 0 Å². The molecule has 0 aliphatic carbocycles. The SMILES string of the molecule is CCCN(CC)C(C)(C)CCC(C)N(C(C)C)C(C)(C)CCC(C)N(CC)C(C)(C)C. The third kappa shape index (κ3) is 9.72. The van der Waals surface area contributed by atoms with Gasteiger partial charge in [0.25, 0.3) is 0 Å². The molecular formula is C28H61N3. The lowest BCUT2D eigenvalue weighted by molar-refractivity contribution is 0.0127. The first-order valence-corrected chi connectivity index (χ1v) is 13.3. The molecule has 0 bridgehead atoms. The van der Waals surface area contributed by atoms with Crippen molar-refractivity contribution >= 4 is 0 Å². The van der Waals surface area contributed by atoms with E-state index in [1.54, 1.807) is 0 Å². The number of nitrogens with zero attached hydrogens (tertiary/aromatic N) is 3. The fraction of sp³-hybridized carbons (Fsp3) is 1.00. The summed E-state index contributed by atoms with van der Waals surface area (Å²) in [4.78, 5) is 8.12. The summed E-state index contributed by atoms with van der Waals surface area (Å²) in [6, 6.07) is 1.76. The lowest BCUT2D eigenvalue weighted by Crippen LogP contribution is -2.54. The maximum Gasteiger partial charge on any atom is 0.0159 e. The molecule has 3 heteroatoms. The van der Waals surface area contributed by atoms with Crippen LogP contribution in [0.3, 0.4) is 0 Å². The smallest absolute Gasteiger partial charge is 0.0159 e. The highest BCUT2D eigenvalue weighted by Crippen LogP contribution is 2.32. The Morgan fingerprint density at radius 1 is 0.645 bits per heavy atom. The molecule has 0 heterocycles. The molecule has 31 heavy (non-hydrogen) atoms. The second-order valence-electron chi connectivity index (χ2n) is 12.4. The van der Waals surface area contributed by atoms with Gasteiger partial charge in [-0.15, -0.1) is 0 Å². The van der Waals surface area contributed by atoms with Crippen LogP contribution in [0.25, 0.3) is 0 Å². The quantitative estimate of drug-likeness (QED) is 0.262. The van der Waals surface area contributed by atoms with Crippen LogP contribution in [-0.4, -0.2) is 69.1 Å². The minimum absolute atomic E-state index is 0.205. The lowest BCUT2D eigenvalue weighted by Gasteiger charge is -2.48. The lowest BCUT2D eigenvalue weighted by atomic mass is 9.87. The fourth-order valence-corrected chi connectivity index (χ4v) is 6.12. The standard InChI is InChI=1S/C28H61N3/c1-15-22-29(16-2)27(11,12)20-19-25(7)31(23(4)5)28(13,14)21-18-24(6)30(17-3)26(8,9)10/h23-25H,15-22H2,1-14H3. The summed E-state index contributed by atoms with van der Waals surface area (Å²) < 4.78 is 0. The van der Waals surface area contributed by atoms with Crippen molar-refractivity contribution in [3.63, 3.8) is 0 Å². The Bertz CT molecular complexity index is 475. The van der Waals surface area contributed by atoms with Crippen LogP contribution in [0.15, 0.2) is 0 Å². The van der Waals surface area contributed by atoms with Gasteiger partial charge in [0.15, 0.2) is 0 Å². The van der Waals surface area contributed by atoms with Crippen LogP contribution in [0, 0.1) is 0 Å². The molecule has 0 saturated carbocycles. The van der Waals surface area contributed by atoms with Gasteiger partial charge in [0, 0.05) is 34.7 Å². The molecule has 0 spiro atoms. The summed E-state index contributed by atoms with van der Waals surface area (Å²) in [6.07, 6.45) is 6.24. The van der Waals surface area contributed by atoms with Crippen LogP contribution in [0.1, 0.15) is 129 Å². The van der Waals surface area contributed by atoms with E-state index in [0.29, 0.717) is 18.1 Å². The van der Waals surface area contributed by atoms with Crippen LogP contribution in [0.4, 0.5) is 0 Å². The molecule has 0 aromatic rings. The van der Waals surface area contributed by atoms with E-state index in [9.17, 15) is 0 Å². The van der Waals surface area contributed by atoms with Crippen molar-refractivity contribution in [3.8, 4) is 0 Å². The Morgan fingerprint density at radius 3 is 1.52 bits per heavy atom. The average Bonchev–Trinajstić information content (AvgIpc) is 2.61. The first-order chi connectivity index (χ1) is 14.0. The van der Waals surface area contributed by atoms with Gasteiger partial charge in [-0.3, -0.25) is 14.7 Å². The molecule has 0 saturated heterocycles. The molecule has 2 atom stereocenters. The van der Waals surface area contributed by atoms with Gasteiger partial charge in [-0.05, 0) is 128 Å². The fourth-order valence-electron chi connectivity index (χ4n) is 6.12. The van der Waals surface area contributed by atoms with Gasteiger partial charge in [-0.1, -0.05) is 20.8 Å². The van der Waals surface area contributed by atoms with Gasteiger partial charge < -0.3 is 0 Å². The third-order valence-corrected chi connectivity index (χ3v) is 7.54. The largest absolute Gasteiger partial charge is 0.298 e. The first kappa shape index (κ1) is 30.9. The molecule has 0 aromatic carbocycles. The van der Waals surface area contributed by atoms with Crippen molar-refractivity contribution in [1.29, 1.82) is 0 Å². The molecule has 2 unspecified atom stereocenters. The van der Waals surface area contributed by atoms with E-state index in [1.807, 2.05) is 0 Å². The van der Waals surface area contributed by atoms with E-state index in [2.05, 4.69) is 112 Å². The molecule has 0 radical (unpaired) electrons. The van der Waals surface area contributed by atoms with E-state index < -0.39 is 0 Å². The molecule has 188 valence electrons. The normalized spacial score (nSPS) is 16.1. The Balaban J connectivity index is 5.22. The van der Waals surface area contributed by atoms with E-state index in [1.165, 1.54) is 38.6 Å². The minimum atomic E-state index is 0.205. The number of hydrogen-bond acceptors (Lipinski definition) is 3. The minimum Gasteiger partial charge on any atom is -0.298 e. The van der Waals surface area contributed by atoms with Crippen molar-refractivity contribution in [2.75, 3.05) is 19.6 Å². The zero-order valence-electron chi connectivity index (χ0n) is 24.2. The average molecular weight is 440 g/mol. The van der Waals surface area contributed by atoms with E-state index >= 15 is 0 Å². The van der Waals surface area contributed by atoms with Crippen molar-refractivity contribution in [3.05, 3.63) is 0 Å². The summed E-state index contributed by atoms with van der Waals surface area (Å²) in [5, 5.41) is 0. The molecule has 0 aliphatic rings. The van der Waals surface area contributed by atoms with Gasteiger partial charge >= 0.3 is 0 Å². The summed E-state index contributed by atoms with van der Waals surface area (Å²) in [6.45, 7) is 36.9. The predicted octanol–water partition coefficient (Wildman–Crippen LogP) is 7.44. The van der Waals surface area contributed by atoms with Gasteiger partial charge in [-0.25, -0.2) is 0 Å². The highest BCUT2D eigenvalue weighted by Gasteiger charge is 2.35. The summed E-state index contributed by atoms with van der Waals surface area (Å²) in [5.74, 6) is 0. The maximum absolute atomic E-state index is 2.80. The van der Waals surface area contributed by atoms with E-state index in [-0.39, 0.29) is 16.6 Å². The Labute approximate surface area is 198 Å². The second kappa shape index (κ2) is 12.9. The van der Waals surface area contributed by atoms with Gasteiger partial charge in [0.2, 0.25) is 0 Å². The predicted molar refractivity (Wildman–Crippen MR) is 142 cm³/mol. The van der Waals surface area contributed by atoms with Crippen molar-refractivity contribution in [1.82, 2.24) is 14.7 Å².